The summed E-state index contributed by atoms with van der Waals surface area (Å²) in [4.78, 5) is 25.6. The van der Waals surface area contributed by atoms with Crippen molar-refractivity contribution in [2.75, 3.05) is 7.11 Å². The molecule has 5 heteroatoms. The average Bonchev–Trinajstić information content (AvgIpc) is 2.92. The molecular formula is C25H40O5. The van der Waals surface area contributed by atoms with Crippen molar-refractivity contribution in [2.45, 2.75) is 98.4 Å². The Morgan fingerprint density at radius 3 is 2.30 bits per heavy atom. The highest BCUT2D eigenvalue weighted by molar-refractivity contribution is 5.89. The zero-order chi connectivity index (χ0) is 22.3. The Hall–Kier alpha value is -0.940. The number of aliphatic hydroxyl groups is 1. The van der Waals surface area contributed by atoms with Gasteiger partial charge in [0.25, 0.3) is 0 Å². The predicted octanol–water partition coefficient (Wildman–Crippen LogP) is 4.15. The van der Waals surface area contributed by atoms with E-state index in [1.165, 1.54) is 6.92 Å². The summed E-state index contributed by atoms with van der Waals surface area (Å²) in [5, 5.41) is 10.8. The first-order valence-electron chi connectivity index (χ1n) is 11.8. The zero-order valence-corrected chi connectivity index (χ0v) is 19.8. The Balaban J connectivity index is 1.84. The fourth-order valence-electron chi connectivity index (χ4n) is 9.03. The molecule has 9 atom stereocenters. The molecule has 0 aromatic heterocycles. The van der Waals surface area contributed by atoms with Crippen LogP contribution in [0.15, 0.2) is 0 Å². The van der Waals surface area contributed by atoms with Crippen LogP contribution >= 0.6 is 0 Å². The van der Waals surface area contributed by atoms with E-state index in [1.54, 1.807) is 7.11 Å². The Morgan fingerprint density at radius 1 is 1.03 bits per heavy atom. The van der Waals surface area contributed by atoms with Crippen molar-refractivity contribution in [3.63, 3.8) is 0 Å². The first-order chi connectivity index (χ1) is 13.8. The molecule has 0 aromatic carbocycles. The van der Waals surface area contributed by atoms with Gasteiger partial charge < -0.3 is 14.6 Å². The summed E-state index contributed by atoms with van der Waals surface area (Å²) in [6.45, 7) is 12.7. The highest BCUT2D eigenvalue weighted by atomic mass is 16.5. The molecule has 5 nitrogen and oxygen atoms in total. The van der Waals surface area contributed by atoms with E-state index in [-0.39, 0.29) is 58.1 Å². The van der Waals surface area contributed by atoms with Crippen molar-refractivity contribution >= 4 is 11.8 Å². The summed E-state index contributed by atoms with van der Waals surface area (Å²) < 4.78 is 11.7. The number of aliphatic hydroxyl groups excluding tert-OH is 1. The van der Waals surface area contributed by atoms with E-state index in [2.05, 4.69) is 34.6 Å². The third kappa shape index (κ3) is 2.60. The Kier molecular flexibility index (Phi) is 5.03. The Morgan fingerprint density at radius 2 is 1.70 bits per heavy atom. The minimum atomic E-state index is -0.565. The first kappa shape index (κ1) is 22.3. The molecule has 0 saturated heterocycles. The van der Waals surface area contributed by atoms with E-state index in [0.717, 1.165) is 32.1 Å². The van der Waals surface area contributed by atoms with Crippen LogP contribution in [0.4, 0.5) is 0 Å². The lowest BCUT2D eigenvalue weighted by Gasteiger charge is -2.69. The van der Waals surface area contributed by atoms with Gasteiger partial charge in [-0.25, -0.2) is 0 Å². The number of carbonyl (C=O) groups excluding carboxylic acids is 2. The van der Waals surface area contributed by atoms with E-state index in [1.807, 2.05) is 0 Å². The lowest BCUT2D eigenvalue weighted by atomic mass is 9.35. The molecule has 0 heterocycles. The van der Waals surface area contributed by atoms with Crippen LogP contribution in [-0.4, -0.2) is 42.3 Å². The van der Waals surface area contributed by atoms with Gasteiger partial charge in [-0.2, -0.15) is 0 Å². The topological polar surface area (TPSA) is 72.8 Å². The van der Waals surface area contributed by atoms with Gasteiger partial charge in [0.2, 0.25) is 0 Å². The number of hydrogen-bond acceptors (Lipinski definition) is 5. The van der Waals surface area contributed by atoms with Gasteiger partial charge in [0, 0.05) is 31.8 Å². The van der Waals surface area contributed by atoms with Gasteiger partial charge in [-0.1, -0.05) is 34.6 Å². The fourth-order valence-corrected chi connectivity index (χ4v) is 9.03. The summed E-state index contributed by atoms with van der Waals surface area (Å²) in [6, 6.07) is 0. The minimum Gasteiger partial charge on any atom is -0.462 e. The van der Waals surface area contributed by atoms with Crippen LogP contribution in [-0.2, 0) is 19.1 Å². The molecule has 0 aromatic rings. The molecule has 1 N–H and O–H groups in total. The van der Waals surface area contributed by atoms with Crippen LogP contribution in [0, 0.1) is 39.4 Å². The first-order valence-corrected chi connectivity index (χ1v) is 11.8. The Bertz CT molecular complexity index is 746. The van der Waals surface area contributed by atoms with Crippen molar-refractivity contribution in [2.24, 2.45) is 39.4 Å². The second-order valence-corrected chi connectivity index (χ2v) is 12.0. The molecule has 0 spiro atoms. The van der Waals surface area contributed by atoms with E-state index < -0.39 is 5.41 Å². The summed E-state index contributed by atoms with van der Waals surface area (Å²) in [7, 11) is 1.67. The van der Waals surface area contributed by atoms with Crippen LogP contribution < -0.4 is 0 Å². The van der Waals surface area contributed by atoms with Crippen LogP contribution in [0.2, 0.25) is 0 Å². The molecule has 4 aliphatic carbocycles. The number of rotatable bonds is 2. The van der Waals surface area contributed by atoms with E-state index in [9.17, 15) is 14.7 Å². The normalized spacial score (nSPS) is 52.2. The van der Waals surface area contributed by atoms with Gasteiger partial charge in [0.15, 0.2) is 0 Å². The summed E-state index contributed by atoms with van der Waals surface area (Å²) in [6.07, 6.45) is 4.14. The molecule has 4 fully saturated rings. The standard InChI is InChI=1S/C25H40O5/c1-14(26)30-16-12-18-23(4)10-9-19(27)22(2,3)17(23)8-11-24(18,5)25(6)20(28)13-15(29-7)21(16)25/h15-19,21,27H,8-13H2,1-7H3/t15-,16+,17-,18+,19-,21-,23-,24+,25+/m0/s1. The van der Waals surface area contributed by atoms with Crippen molar-refractivity contribution in [1.29, 1.82) is 0 Å². The molecule has 170 valence electrons. The molecule has 0 radical (unpaired) electrons. The number of ketones is 1. The van der Waals surface area contributed by atoms with Gasteiger partial charge in [0.1, 0.15) is 11.9 Å². The lowest BCUT2D eigenvalue weighted by Crippen LogP contribution is -2.67. The number of methoxy groups -OCH3 is 1. The largest absolute Gasteiger partial charge is 0.462 e. The number of ether oxygens (including phenoxy) is 2. The van der Waals surface area contributed by atoms with Crippen molar-refractivity contribution in [1.82, 2.24) is 0 Å². The van der Waals surface area contributed by atoms with E-state index in [4.69, 9.17) is 9.47 Å². The molecular weight excluding hydrogens is 380 g/mol. The van der Waals surface area contributed by atoms with Crippen molar-refractivity contribution in [3.8, 4) is 0 Å². The van der Waals surface area contributed by atoms with Gasteiger partial charge in [-0.15, -0.1) is 0 Å². The number of carbonyl (C=O) groups is 2. The fraction of sp³-hybridized carbons (Fsp3) is 0.920. The molecule has 0 amide bonds. The third-order valence-electron chi connectivity index (χ3n) is 10.7. The number of fused-ring (bicyclic) bond motifs is 5. The van der Waals surface area contributed by atoms with Crippen LogP contribution in [0.1, 0.15) is 80.1 Å². The molecule has 30 heavy (non-hydrogen) atoms. The van der Waals surface area contributed by atoms with Crippen molar-refractivity contribution in [3.05, 3.63) is 0 Å². The lowest BCUT2D eigenvalue weighted by molar-refractivity contribution is -0.245. The Labute approximate surface area is 181 Å². The predicted molar refractivity (Wildman–Crippen MR) is 114 cm³/mol. The third-order valence-corrected chi connectivity index (χ3v) is 10.7. The summed E-state index contributed by atoms with van der Waals surface area (Å²) >= 11 is 0. The molecule has 4 saturated carbocycles. The molecule has 0 bridgehead atoms. The zero-order valence-electron chi connectivity index (χ0n) is 19.8. The van der Waals surface area contributed by atoms with Crippen molar-refractivity contribution < 1.29 is 24.2 Å². The maximum atomic E-state index is 13.6. The van der Waals surface area contributed by atoms with Crippen LogP contribution in [0.3, 0.4) is 0 Å². The van der Waals surface area contributed by atoms with Gasteiger partial charge in [-0.3, -0.25) is 9.59 Å². The molecule has 0 unspecified atom stereocenters. The molecule has 4 aliphatic rings. The van der Waals surface area contributed by atoms with Crippen LogP contribution in [0.5, 0.6) is 0 Å². The SMILES string of the molecule is CO[C@H]1CC(=O)[C@]2(C)[C@@H]1[C@H](OC(C)=O)C[C@@H]1[C@@]3(C)CC[C@H](O)C(C)(C)[C@@H]3CC[C@]12C. The van der Waals surface area contributed by atoms with Gasteiger partial charge in [-0.05, 0) is 60.2 Å². The van der Waals surface area contributed by atoms with Gasteiger partial charge >= 0.3 is 5.97 Å². The quantitative estimate of drug-likeness (QED) is 0.680. The average molecular weight is 421 g/mol. The maximum Gasteiger partial charge on any atom is 0.302 e. The summed E-state index contributed by atoms with van der Waals surface area (Å²) in [5.41, 5.74) is -0.876. The minimum absolute atomic E-state index is 0.00749. The molecule has 4 rings (SSSR count). The highest BCUT2D eigenvalue weighted by Gasteiger charge is 2.73. The van der Waals surface area contributed by atoms with Gasteiger partial charge in [0.05, 0.1) is 12.2 Å². The van der Waals surface area contributed by atoms with Crippen LogP contribution in [0.25, 0.3) is 0 Å². The monoisotopic (exact) mass is 420 g/mol. The number of hydrogen-bond donors (Lipinski definition) is 1. The second-order valence-electron chi connectivity index (χ2n) is 12.0. The van der Waals surface area contributed by atoms with E-state index in [0.29, 0.717) is 12.3 Å². The smallest absolute Gasteiger partial charge is 0.302 e. The molecule has 0 aliphatic heterocycles. The highest BCUT2D eigenvalue weighted by Crippen LogP contribution is 2.74. The number of esters is 1. The van der Waals surface area contributed by atoms with E-state index >= 15 is 0 Å². The maximum absolute atomic E-state index is 13.6. The second kappa shape index (κ2) is 6.78. The summed E-state index contributed by atoms with van der Waals surface area (Å²) in [5.74, 6) is 0.542. The number of Topliss-reactive ketones (excluding diaryl/α,β-unsaturated/α-hetero) is 1.